The van der Waals surface area contributed by atoms with Gasteiger partial charge in [-0.15, -0.1) is 0 Å². The van der Waals surface area contributed by atoms with Crippen molar-refractivity contribution in [1.29, 1.82) is 0 Å². The summed E-state index contributed by atoms with van der Waals surface area (Å²) >= 11 is 0. The molecule has 5 nitrogen and oxygen atoms in total. The second-order valence-electron chi connectivity index (χ2n) is 6.23. The summed E-state index contributed by atoms with van der Waals surface area (Å²) in [5.74, 6) is -0.516. The first-order chi connectivity index (χ1) is 10.9. The Morgan fingerprint density at radius 1 is 1.30 bits per heavy atom. The molecule has 1 fully saturated rings. The van der Waals surface area contributed by atoms with Crippen molar-refractivity contribution in [2.75, 3.05) is 11.6 Å². The van der Waals surface area contributed by atoms with E-state index in [9.17, 15) is 13.2 Å². The fourth-order valence-corrected chi connectivity index (χ4v) is 3.07. The Morgan fingerprint density at radius 2 is 2.00 bits per heavy atom. The van der Waals surface area contributed by atoms with Crippen LogP contribution in [0.3, 0.4) is 0 Å². The molecule has 0 saturated heterocycles. The molecule has 0 heterocycles. The first-order valence-corrected chi connectivity index (χ1v) is 10.0. The van der Waals surface area contributed by atoms with E-state index >= 15 is 0 Å². The third-order valence-electron chi connectivity index (χ3n) is 4.24. The molecule has 1 aromatic rings. The smallest absolute Gasteiger partial charge is 0.242 e. The maximum Gasteiger partial charge on any atom is 0.242 e. The van der Waals surface area contributed by atoms with Crippen molar-refractivity contribution >= 4 is 21.4 Å². The summed E-state index contributed by atoms with van der Waals surface area (Å²) in [4.78, 5) is 12.0. The van der Waals surface area contributed by atoms with Crippen LogP contribution in [0, 0.1) is 0 Å². The molecule has 2 rings (SSSR count). The summed E-state index contributed by atoms with van der Waals surface area (Å²) in [5, 5.41) is 1.59. The molecule has 1 amide bonds. The molecule has 0 bridgehead atoms. The lowest BCUT2D eigenvalue weighted by molar-refractivity contribution is -0.115. The highest BCUT2D eigenvalue weighted by Crippen LogP contribution is 2.22. The number of anilines is 1. The molecule has 23 heavy (non-hydrogen) atoms. The number of hydrogen-bond donors (Lipinski definition) is 1. The number of sulfone groups is 1. The summed E-state index contributed by atoms with van der Waals surface area (Å²) in [6.45, 7) is 1.90. The Labute approximate surface area is 138 Å². The van der Waals surface area contributed by atoms with Crippen molar-refractivity contribution < 1.29 is 17.9 Å². The van der Waals surface area contributed by atoms with E-state index in [1.54, 1.807) is 6.07 Å². The quantitative estimate of drug-likeness (QED) is 0.865. The number of carbonyl (C=O) groups is 1. The van der Waals surface area contributed by atoms with Crippen molar-refractivity contribution in [2.45, 2.75) is 57.0 Å². The molecule has 1 aromatic carbocycles. The van der Waals surface area contributed by atoms with Crippen LogP contribution in [-0.2, 0) is 26.0 Å². The van der Waals surface area contributed by atoms with Gasteiger partial charge in [0, 0.05) is 11.9 Å². The molecule has 1 atom stereocenters. The molecule has 128 valence electrons. The van der Waals surface area contributed by atoms with E-state index in [1.165, 1.54) is 26.2 Å². The fraction of sp³-hybridized carbons (Fsp3) is 0.588. The van der Waals surface area contributed by atoms with Crippen LogP contribution in [0.15, 0.2) is 24.3 Å². The predicted molar refractivity (Wildman–Crippen MR) is 91.0 cm³/mol. The molecule has 1 N–H and O–H groups in total. The summed E-state index contributed by atoms with van der Waals surface area (Å²) in [5.41, 5.74) is 1.57. The summed E-state index contributed by atoms with van der Waals surface area (Å²) < 4.78 is 28.8. The first kappa shape index (κ1) is 17.9. The van der Waals surface area contributed by atoms with Crippen LogP contribution < -0.4 is 5.32 Å². The van der Waals surface area contributed by atoms with E-state index in [0.29, 0.717) is 18.4 Å². The van der Waals surface area contributed by atoms with Gasteiger partial charge in [0.05, 0.1) is 12.7 Å². The largest absolute Gasteiger partial charge is 0.374 e. The number of rotatable bonds is 6. The zero-order chi connectivity index (χ0) is 16.9. The van der Waals surface area contributed by atoms with E-state index in [-0.39, 0.29) is 0 Å². The number of amides is 1. The number of carbonyl (C=O) groups excluding carboxylic acids is 1. The van der Waals surface area contributed by atoms with Crippen molar-refractivity contribution in [3.8, 4) is 0 Å². The highest BCUT2D eigenvalue weighted by Gasteiger charge is 2.23. The van der Waals surface area contributed by atoms with E-state index in [4.69, 9.17) is 4.74 Å². The van der Waals surface area contributed by atoms with Gasteiger partial charge in [0.15, 0.2) is 9.84 Å². The maximum absolute atomic E-state index is 12.0. The molecule has 0 unspecified atom stereocenters. The average molecular weight is 339 g/mol. The standard InChI is InChI=1S/C17H25NO4S/c1-13(23(2,20)21)17(19)18-15-8-6-7-14(11-15)12-22-16-9-4-3-5-10-16/h6-8,11,13,16H,3-5,9-10,12H2,1-2H3,(H,18,19)/t13-/m0/s1. The van der Waals surface area contributed by atoms with Crippen molar-refractivity contribution in [3.63, 3.8) is 0 Å². The highest BCUT2D eigenvalue weighted by atomic mass is 32.2. The fourth-order valence-electron chi connectivity index (χ4n) is 2.62. The zero-order valence-electron chi connectivity index (χ0n) is 13.7. The molecule has 0 radical (unpaired) electrons. The van der Waals surface area contributed by atoms with E-state index < -0.39 is 21.0 Å². The van der Waals surface area contributed by atoms with Crippen molar-refractivity contribution in [3.05, 3.63) is 29.8 Å². The van der Waals surface area contributed by atoms with E-state index in [0.717, 1.165) is 24.7 Å². The van der Waals surface area contributed by atoms with Crippen LogP contribution in [0.5, 0.6) is 0 Å². The Bertz CT molecular complexity index is 636. The van der Waals surface area contributed by atoms with Crippen LogP contribution in [0.25, 0.3) is 0 Å². The van der Waals surface area contributed by atoms with Gasteiger partial charge >= 0.3 is 0 Å². The minimum Gasteiger partial charge on any atom is -0.374 e. The number of hydrogen-bond acceptors (Lipinski definition) is 4. The topological polar surface area (TPSA) is 72.5 Å². The van der Waals surface area contributed by atoms with Gasteiger partial charge in [0.2, 0.25) is 5.91 Å². The Morgan fingerprint density at radius 3 is 2.65 bits per heavy atom. The van der Waals surface area contributed by atoms with Gasteiger partial charge in [-0.1, -0.05) is 31.4 Å². The number of benzene rings is 1. The second kappa shape index (κ2) is 7.93. The van der Waals surface area contributed by atoms with Crippen LogP contribution in [-0.4, -0.2) is 31.9 Å². The Hall–Kier alpha value is -1.40. The lowest BCUT2D eigenvalue weighted by atomic mass is 9.98. The van der Waals surface area contributed by atoms with Crippen LogP contribution in [0.1, 0.15) is 44.6 Å². The van der Waals surface area contributed by atoms with Gasteiger partial charge < -0.3 is 10.1 Å². The molecule has 0 aliphatic heterocycles. The normalized spacial score (nSPS) is 17.7. The summed E-state index contributed by atoms with van der Waals surface area (Å²) in [7, 11) is -3.39. The maximum atomic E-state index is 12.0. The van der Waals surface area contributed by atoms with Gasteiger partial charge in [0.1, 0.15) is 5.25 Å². The second-order valence-corrected chi connectivity index (χ2v) is 8.60. The van der Waals surface area contributed by atoms with E-state index in [1.807, 2.05) is 18.2 Å². The predicted octanol–water partition coefficient (Wildman–Crippen LogP) is 2.91. The summed E-state index contributed by atoms with van der Waals surface area (Å²) in [6, 6.07) is 7.35. The number of ether oxygens (including phenoxy) is 1. The monoisotopic (exact) mass is 339 g/mol. The number of nitrogens with one attached hydrogen (secondary N) is 1. The minimum atomic E-state index is -3.39. The third-order valence-corrected chi connectivity index (χ3v) is 5.74. The molecule has 1 saturated carbocycles. The highest BCUT2D eigenvalue weighted by molar-refractivity contribution is 7.92. The minimum absolute atomic E-state index is 0.326. The van der Waals surface area contributed by atoms with Gasteiger partial charge in [-0.05, 0) is 37.5 Å². The van der Waals surface area contributed by atoms with E-state index in [2.05, 4.69) is 5.32 Å². The van der Waals surface area contributed by atoms with Gasteiger partial charge in [0.25, 0.3) is 0 Å². The lowest BCUT2D eigenvalue weighted by Crippen LogP contribution is -2.31. The Kier molecular flexibility index (Phi) is 6.18. The van der Waals surface area contributed by atoms with Crippen LogP contribution >= 0.6 is 0 Å². The molecular formula is C17H25NO4S. The van der Waals surface area contributed by atoms with Gasteiger partial charge in [-0.25, -0.2) is 8.42 Å². The Balaban J connectivity index is 1.92. The van der Waals surface area contributed by atoms with Crippen LogP contribution in [0.4, 0.5) is 5.69 Å². The average Bonchev–Trinajstić information content (AvgIpc) is 2.52. The molecule has 1 aliphatic rings. The molecular weight excluding hydrogens is 314 g/mol. The zero-order valence-corrected chi connectivity index (χ0v) is 14.6. The van der Waals surface area contributed by atoms with Gasteiger partial charge in [-0.2, -0.15) is 0 Å². The molecule has 6 heteroatoms. The molecule has 0 aromatic heterocycles. The molecule has 0 spiro atoms. The third kappa shape index (κ3) is 5.62. The lowest BCUT2D eigenvalue weighted by Gasteiger charge is -2.22. The molecule has 1 aliphatic carbocycles. The van der Waals surface area contributed by atoms with Crippen molar-refractivity contribution in [1.82, 2.24) is 0 Å². The summed E-state index contributed by atoms with van der Waals surface area (Å²) in [6.07, 6.45) is 7.36. The first-order valence-electron chi connectivity index (χ1n) is 8.06. The van der Waals surface area contributed by atoms with Crippen molar-refractivity contribution in [2.24, 2.45) is 0 Å². The van der Waals surface area contributed by atoms with Gasteiger partial charge in [-0.3, -0.25) is 4.79 Å². The van der Waals surface area contributed by atoms with Crippen LogP contribution in [0.2, 0.25) is 0 Å². The SMILES string of the molecule is C[C@@H](C(=O)Nc1cccc(COC2CCCCC2)c1)S(C)(=O)=O.